The van der Waals surface area contributed by atoms with Crippen molar-refractivity contribution < 1.29 is 9.26 Å². The number of aromatic nitrogens is 5. The smallest absolute Gasteiger partial charge is 0.230 e. The van der Waals surface area contributed by atoms with Crippen LogP contribution in [0.4, 0.5) is 0 Å². The number of halogens is 1. The number of benzene rings is 1. The highest BCUT2D eigenvalue weighted by Gasteiger charge is 2.32. The van der Waals surface area contributed by atoms with Crippen LogP contribution < -0.4 is 0 Å². The fraction of sp³-hybridized carbons (Fsp3) is 0.375. The third-order valence-corrected chi connectivity index (χ3v) is 4.67. The number of nitrogens with zero attached hydrogens (tertiary/aromatic N) is 5. The fourth-order valence-electron chi connectivity index (χ4n) is 2.89. The van der Waals surface area contributed by atoms with E-state index in [9.17, 15) is 0 Å². The van der Waals surface area contributed by atoms with Gasteiger partial charge in [0, 0.05) is 10.9 Å². The molecule has 7 nitrogen and oxygen atoms in total. The van der Waals surface area contributed by atoms with Crippen LogP contribution >= 0.6 is 11.6 Å². The standard InChI is InChI=1S/C16H14ClN5O2/c17-11-5-3-9(4-6-11)13-7-22-12(8-23-13)14(19-21-22)15-18-16(24-20-15)10-1-2-10/h3-6,10,13H,1-2,7-8H2/t13-/m0/s1. The molecule has 0 spiro atoms. The van der Waals surface area contributed by atoms with Gasteiger partial charge in [-0.15, -0.1) is 5.10 Å². The Labute approximate surface area is 142 Å². The van der Waals surface area contributed by atoms with Crippen molar-refractivity contribution in [2.24, 2.45) is 0 Å². The molecule has 1 aromatic carbocycles. The van der Waals surface area contributed by atoms with E-state index in [1.165, 1.54) is 0 Å². The predicted molar refractivity (Wildman–Crippen MR) is 84.3 cm³/mol. The molecule has 0 saturated heterocycles. The van der Waals surface area contributed by atoms with Crippen LogP contribution in [0.25, 0.3) is 11.5 Å². The van der Waals surface area contributed by atoms with Crippen molar-refractivity contribution in [1.29, 1.82) is 0 Å². The van der Waals surface area contributed by atoms with Gasteiger partial charge in [0.05, 0.1) is 18.8 Å². The van der Waals surface area contributed by atoms with Gasteiger partial charge < -0.3 is 9.26 Å². The normalized spacial score (nSPS) is 20.1. The maximum Gasteiger partial charge on any atom is 0.230 e. The lowest BCUT2D eigenvalue weighted by atomic mass is 10.1. The summed E-state index contributed by atoms with van der Waals surface area (Å²) in [5.41, 5.74) is 2.58. The molecule has 1 fully saturated rings. The summed E-state index contributed by atoms with van der Waals surface area (Å²) in [5, 5.41) is 13.2. The van der Waals surface area contributed by atoms with Gasteiger partial charge in [-0.05, 0) is 30.5 Å². The first-order chi connectivity index (χ1) is 11.8. The van der Waals surface area contributed by atoms with Crippen LogP contribution in [-0.2, 0) is 17.9 Å². The zero-order valence-electron chi connectivity index (χ0n) is 12.7. The van der Waals surface area contributed by atoms with E-state index in [1.807, 2.05) is 28.9 Å². The van der Waals surface area contributed by atoms with E-state index in [0.717, 1.165) is 24.1 Å². The number of rotatable bonds is 3. The molecule has 0 bridgehead atoms. The summed E-state index contributed by atoms with van der Waals surface area (Å²) in [4.78, 5) is 4.45. The molecule has 0 radical (unpaired) electrons. The Morgan fingerprint density at radius 1 is 1.17 bits per heavy atom. The Morgan fingerprint density at radius 2 is 2.00 bits per heavy atom. The molecule has 3 heterocycles. The van der Waals surface area contributed by atoms with Crippen LogP contribution in [0.1, 0.15) is 42.0 Å². The summed E-state index contributed by atoms with van der Waals surface area (Å²) in [7, 11) is 0. The second-order valence-corrected chi connectivity index (χ2v) is 6.58. The first kappa shape index (κ1) is 14.1. The fourth-order valence-corrected chi connectivity index (χ4v) is 3.02. The van der Waals surface area contributed by atoms with Crippen LogP contribution in [0.15, 0.2) is 28.8 Å². The van der Waals surface area contributed by atoms with Gasteiger partial charge in [-0.25, -0.2) is 4.68 Å². The van der Waals surface area contributed by atoms with Gasteiger partial charge in [-0.1, -0.05) is 34.1 Å². The van der Waals surface area contributed by atoms with Gasteiger partial charge >= 0.3 is 0 Å². The number of ether oxygens (including phenoxy) is 1. The maximum atomic E-state index is 5.99. The second-order valence-electron chi connectivity index (χ2n) is 6.15. The Kier molecular flexibility index (Phi) is 3.17. The third-order valence-electron chi connectivity index (χ3n) is 4.42. The Hall–Kier alpha value is -2.25. The summed E-state index contributed by atoms with van der Waals surface area (Å²) in [6.07, 6.45) is 2.16. The lowest BCUT2D eigenvalue weighted by Crippen LogP contribution is -2.22. The van der Waals surface area contributed by atoms with E-state index in [0.29, 0.717) is 41.5 Å². The molecule has 1 atom stereocenters. The van der Waals surface area contributed by atoms with Crippen molar-refractivity contribution in [1.82, 2.24) is 25.1 Å². The largest absolute Gasteiger partial charge is 0.365 e. The van der Waals surface area contributed by atoms with E-state index < -0.39 is 0 Å². The van der Waals surface area contributed by atoms with Crippen molar-refractivity contribution in [3.63, 3.8) is 0 Å². The van der Waals surface area contributed by atoms with Gasteiger partial charge in [0.25, 0.3) is 0 Å². The van der Waals surface area contributed by atoms with Crippen molar-refractivity contribution in [3.8, 4) is 11.5 Å². The van der Waals surface area contributed by atoms with Gasteiger partial charge in [0.15, 0.2) is 5.69 Å². The van der Waals surface area contributed by atoms with E-state index in [1.54, 1.807) is 0 Å². The third kappa shape index (κ3) is 2.40. The molecule has 2 aliphatic rings. The van der Waals surface area contributed by atoms with Crippen LogP contribution in [-0.4, -0.2) is 25.1 Å². The van der Waals surface area contributed by atoms with E-state index >= 15 is 0 Å². The summed E-state index contributed by atoms with van der Waals surface area (Å²) >= 11 is 5.94. The molecule has 1 aliphatic carbocycles. The monoisotopic (exact) mass is 343 g/mol. The second kappa shape index (κ2) is 5.39. The zero-order chi connectivity index (χ0) is 16.1. The first-order valence-corrected chi connectivity index (χ1v) is 8.29. The molecular weight excluding hydrogens is 330 g/mol. The maximum absolute atomic E-state index is 5.99. The van der Waals surface area contributed by atoms with Crippen LogP contribution in [0, 0.1) is 0 Å². The van der Waals surface area contributed by atoms with Crippen LogP contribution in [0.3, 0.4) is 0 Å². The van der Waals surface area contributed by atoms with Crippen molar-refractivity contribution in [3.05, 3.63) is 46.4 Å². The highest BCUT2D eigenvalue weighted by Crippen LogP contribution is 2.39. The topological polar surface area (TPSA) is 78.9 Å². The number of hydrogen-bond acceptors (Lipinski definition) is 6. The Bertz CT molecular complexity index is 884. The minimum atomic E-state index is -0.0726. The molecule has 0 amide bonds. The molecular formula is C16H14ClN5O2. The molecule has 1 aliphatic heterocycles. The molecule has 0 unspecified atom stereocenters. The van der Waals surface area contributed by atoms with Gasteiger partial charge in [0.2, 0.25) is 11.7 Å². The molecule has 3 aromatic rings. The minimum absolute atomic E-state index is 0.0726. The predicted octanol–water partition coefficient (Wildman–Crippen LogP) is 3.13. The summed E-state index contributed by atoms with van der Waals surface area (Å²) in [6.45, 7) is 1.00. The first-order valence-electron chi connectivity index (χ1n) is 7.91. The average Bonchev–Trinajstić information content (AvgIpc) is 3.19. The van der Waals surface area contributed by atoms with Crippen LogP contribution in [0.2, 0.25) is 5.02 Å². The lowest BCUT2D eigenvalue weighted by molar-refractivity contribution is -0.00111. The summed E-state index contributed by atoms with van der Waals surface area (Å²) in [6, 6.07) is 7.66. The molecule has 122 valence electrons. The molecule has 24 heavy (non-hydrogen) atoms. The number of hydrogen-bond donors (Lipinski definition) is 0. The summed E-state index contributed by atoms with van der Waals surface area (Å²) < 4.78 is 13.2. The van der Waals surface area contributed by atoms with Crippen molar-refractivity contribution >= 4 is 11.6 Å². The highest BCUT2D eigenvalue weighted by atomic mass is 35.5. The van der Waals surface area contributed by atoms with Gasteiger partial charge in [-0.3, -0.25) is 0 Å². The van der Waals surface area contributed by atoms with Gasteiger partial charge in [-0.2, -0.15) is 4.98 Å². The highest BCUT2D eigenvalue weighted by molar-refractivity contribution is 6.30. The Balaban J connectivity index is 1.41. The summed E-state index contributed by atoms with van der Waals surface area (Å²) in [5.74, 6) is 1.61. The van der Waals surface area contributed by atoms with Crippen molar-refractivity contribution in [2.45, 2.75) is 38.0 Å². The van der Waals surface area contributed by atoms with Crippen molar-refractivity contribution in [2.75, 3.05) is 0 Å². The minimum Gasteiger partial charge on any atom is -0.365 e. The number of fused-ring (bicyclic) bond motifs is 1. The van der Waals surface area contributed by atoms with Gasteiger partial charge in [0.1, 0.15) is 6.10 Å². The molecule has 8 heteroatoms. The van der Waals surface area contributed by atoms with E-state index in [2.05, 4.69) is 20.5 Å². The van der Waals surface area contributed by atoms with Crippen LogP contribution in [0.5, 0.6) is 0 Å². The average molecular weight is 344 g/mol. The molecule has 2 aromatic heterocycles. The molecule has 1 saturated carbocycles. The van der Waals surface area contributed by atoms with E-state index in [4.69, 9.17) is 20.9 Å². The Morgan fingerprint density at radius 3 is 2.79 bits per heavy atom. The quantitative estimate of drug-likeness (QED) is 0.727. The zero-order valence-corrected chi connectivity index (χ0v) is 13.5. The molecule has 5 rings (SSSR count). The SMILES string of the molecule is Clc1ccc([C@@H]2Cn3nnc(-c4noc(C5CC5)n4)c3CO2)cc1. The lowest BCUT2D eigenvalue weighted by Gasteiger charge is -2.24. The van der Waals surface area contributed by atoms with E-state index in [-0.39, 0.29) is 6.10 Å². The molecule has 0 N–H and O–H groups in total.